The van der Waals surface area contributed by atoms with Crippen LogP contribution in [0.5, 0.6) is 0 Å². The van der Waals surface area contributed by atoms with Crippen LogP contribution in [0, 0.1) is 11.8 Å². The van der Waals surface area contributed by atoms with E-state index in [4.69, 9.17) is 16.6 Å². The molecule has 3 atom stereocenters. The summed E-state index contributed by atoms with van der Waals surface area (Å²) in [6.45, 7) is 3.03. The molecule has 4 aliphatic rings. The highest BCUT2D eigenvalue weighted by Gasteiger charge is 2.45. The monoisotopic (exact) mass is 329 g/mol. The van der Waals surface area contributed by atoms with Crippen molar-refractivity contribution < 1.29 is 0 Å². The second-order valence-corrected chi connectivity index (χ2v) is 7.37. The number of hydrogen-bond acceptors (Lipinski definition) is 1. The van der Waals surface area contributed by atoms with Crippen molar-refractivity contribution in [3.05, 3.63) is 46.2 Å². The van der Waals surface area contributed by atoms with E-state index >= 15 is 0 Å². The van der Waals surface area contributed by atoms with Crippen molar-refractivity contribution in [3.63, 3.8) is 0 Å². The number of fused-ring (bicyclic) bond motifs is 2. The topological polar surface area (TPSA) is 36.4 Å². The van der Waals surface area contributed by atoms with Crippen LogP contribution >= 0.6 is 11.6 Å². The molecule has 3 nitrogen and oxygen atoms in total. The molecule has 0 spiro atoms. The molecule has 0 aromatic rings. The number of halogens is 1. The number of nitrogens with zero attached hydrogens (tertiary/aromatic N) is 1. The third-order valence-electron chi connectivity index (χ3n) is 5.16. The molecule has 4 heteroatoms. The van der Waals surface area contributed by atoms with Gasteiger partial charge in [0.15, 0.2) is 5.96 Å². The Labute approximate surface area is 143 Å². The largest absolute Gasteiger partial charge is 0.349 e. The maximum absolute atomic E-state index is 6.54. The summed E-state index contributed by atoms with van der Waals surface area (Å²) in [7, 11) is 0. The van der Waals surface area contributed by atoms with Crippen molar-refractivity contribution in [1.29, 1.82) is 0 Å². The van der Waals surface area contributed by atoms with Gasteiger partial charge in [-0.05, 0) is 44.9 Å². The first-order valence-electron chi connectivity index (χ1n) is 8.76. The summed E-state index contributed by atoms with van der Waals surface area (Å²) >= 11 is 6.54. The minimum atomic E-state index is 0.237. The molecular formula is C19H24ClN3. The van der Waals surface area contributed by atoms with Crippen molar-refractivity contribution in [1.82, 2.24) is 10.6 Å². The van der Waals surface area contributed by atoms with Gasteiger partial charge in [-0.3, -0.25) is 4.99 Å². The Morgan fingerprint density at radius 3 is 3.13 bits per heavy atom. The Bertz CT molecular complexity index is 654. The van der Waals surface area contributed by atoms with Crippen LogP contribution in [-0.4, -0.2) is 18.5 Å². The summed E-state index contributed by atoms with van der Waals surface area (Å²) in [5.41, 5.74) is 3.97. The Balaban J connectivity index is 1.35. The first-order chi connectivity index (χ1) is 11.2. The molecule has 0 radical (unpaired) electrons. The van der Waals surface area contributed by atoms with Gasteiger partial charge in [-0.15, -0.1) is 0 Å². The van der Waals surface area contributed by atoms with Crippen molar-refractivity contribution >= 4 is 17.6 Å². The fraction of sp³-hybridized carbons (Fsp3) is 0.526. The van der Waals surface area contributed by atoms with Gasteiger partial charge in [-0.2, -0.15) is 0 Å². The molecule has 122 valence electrons. The normalized spacial score (nSPS) is 33.3. The Morgan fingerprint density at radius 1 is 1.39 bits per heavy atom. The van der Waals surface area contributed by atoms with E-state index in [1.54, 1.807) is 5.57 Å². The molecule has 1 heterocycles. The fourth-order valence-electron chi connectivity index (χ4n) is 3.76. The van der Waals surface area contributed by atoms with Crippen LogP contribution in [0.3, 0.4) is 0 Å². The molecule has 4 rings (SSSR count). The third-order valence-corrected chi connectivity index (χ3v) is 5.64. The summed E-state index contributed by atoms with van der Waals surface area (Å²) in [5.74, 6) is 2.12. The van der Waals surface area contributed by atoms with E-state index in [1.165, 1.54) is 30.5 Å². The molecule has 2 N–H and O–H groups in total. The predicted molar refractivity (Wildman–Crippen MR) is 96.3 cm³/mol. The highest BCUT2D eigenvalue weighted by molar-refractivity contribution is 6.31. The van der Waals surface area contributed by atoms with E-state index in [0.29, 0.717) is 11.8 Å². The first kappa shape index (κ1) is 15.1. The lowest BCUT2D eigenvalue weighted by atomic mass is 9.96. The fourth-order valence-corrected chi connectivity index (χ4v) is 4.27. The third kappa shape index (κ3) is 3.12. The quantitative estimate of drug-likeness (QED) is 0.765. The van der Waals surface area contributed by atoms with Crippen molar-refractivity contribution in [2.75, 3.05) is 6.54 Å². The molecule has 0 aromatic carbocycles. The minimum Gasteiger partial charge on any atom is -0.349 e. The van der Waals surface area contributed by atoms with Gasteiger partial charge in [0.25, 0.3) is 0 Å². The van der Waals surface area contributed by atoms with Crippen molar-refractivity contribution in [2.24, 2.45) is 16.8 Å². The number of rotatable bonds is 4. The molecular weight excluding hydrogens is 306 g/mol. The van der Waals surface area contributed by atoms with Gasteiger partial charge in [-0.1, -0.05) is 41.5 Å². The highest BCUT2D eigenvalue weighted by Crippen LogP contribution is 2.52. The van der Waals surface area contributed by atoms with E-state index in [1.807, 2.05) is 0 Å². The number of hydrogen-bond donors (Lipinski definition) is 2. The Morgan fingerprint density at radius 2 is 2.30 bits per heavy atom. The van der Waals surface area contributed by atoms with Crippen LogP contribution in [0.4, 0.5) is 0 Å². The lowest BCUT2D eigenvalue weighted by Crippen LogP contribution is -2.50. The van der Waals surface area contributed by atoms with Crippen LogP contribution in [0.1, 0.15) is 39.0 Å². The summed E-state index contributed by atoms with van der Waals surface area (Å²) < 4.78 is 0. The zero-order valence-corrected chi connectivity index (χ0v) is 14.4. The van der Waals surface area contributed by atoms with Crippen LogP contribution in [0.25, 0.3) is 0 Å². The number of guanidine groups is 1. The first-order valence-corrected chi connectivity index (χ1v) is 9.14. The SMILES string of the molecule is CC1NC(=NCCCC2=CC=CCC2)NC2=CC3CC3C(Cl)=C21. The number of aliphatic imine (C=N–C) groups is 1. The maximum atomic E-state index is 6.54. The van der Waals surface area contributed by atoms with E-state index in [9.17, 15) is 0 Å². The lowest BCUT2D eigenvalue weighted by molar-refractivity contribution is 0.669. The van der Waals surface area contributed by atoms with E-state index < -0.39 is 0 Å². The van der Waals surface area contributed by atoms with Gasteiger partial charge >= 0.3 is 0 Å². The highest BCUT2D eigenvalue weighted by atomic mass is 35.5. The van der Waals surface area contributed by atoms with Crippen LogP contribution in [-0.2, 0) is 0 Å². The summed E-state index contributed by atoms with van der Waals surface area (Å²) in [6, 6.07) is 0.237. The summed E-state index contributed by atoms with van der Waals surface area (Å²) in [6.07, 6.45) is 14.9. The van der Waals surface area contributed by atoms with Gasteiger partial charge in [0.05, 0.1) is 6.04 Å². The second kappa shape index (κ2) is 6.20. The smallest absolute Gasteiger partial charge is 0.196 e. The van der Waals surface area contributed by atoms with Crippen molar-refractivity contribution in [2.45, 2.75) is 45.1 Å². The molecule has 3 aliphatic carbocycles. The van der Waals surface area contributed by atoms with E-state index in [2.05, 4.69) is 41.9 Å². The predicted octanol–water partition coefficient (Wildman–Crippen LogP) is 4.01. The van der Waals surface area contributed by atoms with E-state index in [-0.39, 0.29) is 6.04 Å². The molecule has 1 saturated heterocycles. The molecule has 0 bridgehead atoms. The molecule has 2 fully saturated rings. The molecule has 0 aromatic heterocycles. The zero-order valence-electron chi connectivity index (χ0n) is 13.6. The Hall–Kier alpha value is -1.48. The van der Waals surface area contributed by atoms with Gasteiger partial charge in [0.2, 0.25) is 0 Å². The standard InChI is InChI=1S/C19H24ClN3/c1-12-17-16(11-14-10-15(14)18(17)20)23-19(22-12)21-9-5-8-13-6-3-2-4-7-13/h2-3,6,11-12,14-15H,4-5,7-10H2,1H3,(H2,21,22,23). The van der Waals surface area contributed by atoms with E-state index in [0.717, 1.165) is 30.4 Å². The van der Waals surface area contributed by atoms with Crippen LogP contribution in [0.2, 0.25) is 0 Å². The molecule has 3 unspecified atom stereocenters. The van der Waals surface area contributed by atoms with Gasteiger partial charge in [0, 0.05) is 28.8 Å². The van der Waals surface area contributed by atoms with Crippen molar-refractivity contribution in [3.8, 4) is 0 Å². The average Bonchev–Trinajstić information content (AvgIpc) is 3.32. The van der Waals surface area contributed by atoms with Gasteiger partial charge in [0.1, 0.15) is 0 Å². The summed E-state index contributed by atoms with van der Waals surface area (Å²) in [5, 5.41) is 7.95. The van der Waals surface area contributed by atoms with Gasteiger partial charge < -0.3 is 10.6 Å². The average molecular weight is 330 g/mol. The number of allylic oxidation sites excluding steroid dienone is 6. The maximum Gasteiger partial charge on any atom is 0.196 e. The van der Waals surface area contributed by atoms with Crippen LogP contribution < -0.4 is 10.6 Å². The van der Waals surface area contributed by atoms with Crippen LogP contribution in [0.15, 0.2) is 51.2 Å². The molecule has 23 heavy (non-hydrogen) atoms. The molecule has 1 aliphatic heterocycles. The lowest BCUT2D eigenvalue weighted by Gasteiger charge is -2.32. The number of nitrogens with one attached hydrogen (secondary N) is 2. The Kier molecular flexibility index (Phi) is 4.06. The van der Waals surface area contributed by atoms with Gasteiger partial charge in [-0.25, -0.2) is 0 Å². The summed E-state index contributed by atoms with van der Waals surface area (Å²) in [4.78, 5) is 4.72. The molecule has 0 amide bonds. The zero-order chi connectivity index (χ0) is 15.8. The minimum absolute atomic E-state index is 0.237. The second-order valence-electron chi connectivity index (χ2n) is 6.96. The molecule has 1 saturated carbocycles.